The summed E-state index contributed by atoms with van der Waals surface area (Å²) in [5.41, 5.74) is 5.47. The Labute approximate surface area is 246 Å². The summed E-state index contributed by atoms with van der Waals surface area (Å²) in [7, 11) is 0. The second-order valence-electron chi connectivity index (χ2n) is 10.5. The highest BCUT2D eigenvalue weighted by Gasteiger charge is 2.18. The van der Waals surface area contributed by atoms with Crippen molar-refractivity contribution in [1.82, 2.24) is 0 Å². The SMILES string of the molecule is [C-]#[N+]c1ccc(-c2c3ccccc3c(-c3cccc4c3ccc3c(Br)c5ccccc5cc34)c3ccccc23)cc1. The van der Waals surface area contributed by atoms with Gasteiger partial charge in [-0.15, -0.1) is 0 Å². The average Bonchev–Trinajstić information content (AvgIpc) is 3.03. The van der Waals surface area contributed by atoms with E-state index in [-0.39, 0.29) is 0 Å². The van der Waals surface area contributed by atoms with Crippen molar-refractivity contribution in [3.8, 4) is 22.3 Å². The van der Waals surface area contributed by atoms with Crippen LogP contribution in [0.25, 0.3) is 81.0 Å². The van der Waals surface area contributed by atoms with Crippen LogP contribution in [0.15, 0.2) is 138 Å². The number of fused-ring (bicyclic) bond motifs is 6. The molecule has 0 aliphatic heterocycles. The van der Waals surface area contributed by atoms with Crippen LogP contribution < -0.4 is 0 Å². The van der Waals surface area contributed by atoms with E-state index in [2.05, 4.69) is 142 Å². The Balaban J connectivity index is 1.50. The third-order valence-electron chi connectivity index (χ3n) is 8.32. The van der Waals surface area contributed by atoms with E-state index in [4.69, 9.17) is 6.57 Å². The second kappa shape index (κ2) is 9.30. The maximum Gasteiger partial charge on any atom is 0.187 e. The van der Waals surface area contributed by atoms with E-state index < -0.39 is 0 Å². The molecule has 0 aromatic heterocycles. The molecule has 0 bridgehead atoms. The van der Waals surface area contributed by atoms with Crippen molar-refractivity contribution in [3.05, 3.63) is 149 Å². The molecule has 0 heterocycles. The molecule has 1 nitrogen and oxygen atoms in total. The lowest BCUT2D eigenvalue weighted by molar-refractivity contribution is 1.67. The summed E-state index contributed by atoms with van der Waals surface area (Å²) in [6.45, 7) is 7.39. The summed E-state index contributed by atoms with van der Waals surface area (Å²) < 4.78 is 1.14. The summed E-state index contributed by atoms with van der Waals surface area (Å²) >= 11 is 3.92. The topological polar surface area (TPSA) is 4.36 Å². The number of halogens is 1. The fraction of sp³-hybridized carbons (Fsp3) is 0. The molecule has 0 unspecified atom stereocenters. The highest BCUT2D eigenvalue weighted by atomic mass is 79.9. The van der Waals surface area contributed by atoms with Gasteiger partial charge >= 0.3 is 0 Å². The van der Waals surface area contributed by atoms with Crippen molar-refractivity contribution in [2.24, 2.45) is 0 Å². The summed E-state index contributed by atoms with van der Waals surface area (Å²) in [4.78, 5) is 3.60. The molecule has 0 spiro atoms. The molecule has 190 valence electrons. The van der Waals surface area contributed by atoms with Gasteiger partial charge in [0.15, 0.2) is 5.69 Å². The van der Waals surface area contributed by atoms with Crippen LogP contribution >= 0.6 is 15.9 Å². The summed E-state index contributed by atoms with van der Waals surface area (Å²) in [5.74, 6) is 0. The van der Waals surface area contributed by atoms with Crippen LogP contribution in [0.2, 0.25) is 0 Å². The molecule has 8 aromatic carbocycles. The number of rotatable bonds is 2. The zero-order valence-corrected chi connectivity index (χ0v) is 23.6. The molecule has 0 N–H and O–H groups in total. The molecule has 2 heteroatoms. The fourth-order valence-electron chi connectivity index (χ4n) is 6.50. The number of nitrogens with zero attached hydrogens (tertiary/aromatic N) is 1. The summed E-state index contributed by atoms with van der Waals surface area (Å²) in [5, 5.41) is 12.3. The third-order valence-corrected chi connectivity index (χ3v) is 9.18. The smallest absolute Gasteiger partial charge is 0.187 e. The Hall–Kier alpha value is -4.97. The van der Waals surface area contributed by atoms with Gasteiger partial charge in [0.05, 0.1) is 6.57 Å². The van der Waals surface area contributed by atoms with Gasteiger partial charge in [-0.3, -0.25) is 0 Å². The van der Waals surface area contributed by atoms with E-state index in [0.717, 1.165) is 10.0 Å². The summed E-state index contributed by atoms with van der Waals surface area (Å²) in [6.07, 6.45) is 0. The highest BCUT2D eigenvalue weighted by molar-refractivity contribution is 9.10. The molecule has 0 amide bonds. The molecule has 0 aliphatic rings. The fourth-order valence-corrected chi connectivity index (χ4v) is 7.21. The molecule has 41 heavy (non-hydrogen) atoms. The molecule has 0 fully saturated rings. The van der Waals surface area contributed by atoms with Crippen molar-refractivity contribution in [2.45, 2.75) is 0 Å². The molecular formula is C39H22BrN. The van der Waals surface area contributed by atoms with Crippen LogP contribution in [0.1, 0.15) is 0 Å². The van der Waals surface area contributed by atoms with Crippen LogP contribution in [0, 0.1) is 6.57 Å². The molecule has 0 atom stereocenters. The molecule has 8 aromatic rings. The molecular weight excluding hydrogens is 562 g/mol. The van der Waals surface area contributed by atoms with E-state index in [1.54, 1.807) is 0 Å². The van der Waals surface area contributed by atoms with Crippen molar-refractivity contribution < 1.29 is 0 Å². The van der Waals surface area contributed by atoms with Crippen molar-refractivity contribution in [1.29, 1.82) is 0 Å². The first kappa shape index (κ1) is 23.9. The van der Waals surface area contributed by atoms with Gasteiger partial charge in [-0.2, -0.15) is 0 Å². The van der Waals surface area contributed by atoms with Gasteiger partial charge in [-0.25, -0.2) is 4.85 Å². The van der Waals surface area contributed by atoms with Crippen LogP contribution in [-0.4, -0.2) is 0 Å². The van der Waals surface area contributed by atoms with E-state index in [1.807, 2.05) is 12.1 Å². The quantitative estimate of drug-likeness (QED) is 0.108. The Morgan fingerprint density at radius 1 is 0.439 bits per heavy atom. The third kappa shape index (κ3) is 3.60. The Morgan fingerprint density at radius 2 is 1.00 bits per heavy atom. The zero-order valence-electron chi connectivity index (χ0n) is 22.0. The van der Waals surface area contributed by atoms with Gasteiger partial charge in [-0.1, -0.05) is 127 Å². The number of benzene rings is 8. The molecule has 0 aliphatic carbocycles. The van der Waals surface area contributed by atoms with Gasteiger partial charge in [0.1, 0.15) is 0 Å². The van der Waals surface area contributed by atoms with E-state index in [0.29, 0.717) is 5.69 Å². The number of hydrogen-bond acceptors (Lipinski definition) is 0. The number of hydrogen-bond donors (Lipinski definition) is 0. The summed E-state index contributed by atoms with van der Waals surface area (Å²) in [6, 6.07) is 47.6. The van der Waals surface area contributed by atoms with Crippen LogP contribution in [0.3, 0.4) is 0 Å². The van der Waals surface area contributed by atoms with Gasteiger partial charge in [0.25, 0.3) is 0 Å². The first-order chi connectivity index (χ1) is 20.2. The van der Waals surface area contributed by atoms with Gasteiger partial charge in [0, 0.05) is 4.47 Å². The van der Waals surface area contributed by atoms with Crippen LogP contribution in [0.4, 0.5) is 5.69 Å². The largest absolute Gasteiger partial charge is 0.238 e. The second-order valence-corrected chi connectivity index (χ2v) is 11.3. The van der Waals surface area contributed by atoms with Gasteiger partial charge < -0.3 is 0 Å². The van der Waals surface area contributed by atoms with Crippen LogP contribution in [0.5, 0.6) is 0 Å². The lowest BCUT2D eigenvalue weighted by atomic mass is 9.84. The predicted molar refractivity (Wildman–Crippen MR) is 179 cm³/mol. The average molecular weight is 585 g/mol. The monoisotopic (exact) mass is 583 g/mol. The van der Waals surface area contributed by atoms with Crippen molar-refractivity contribution in [2.75, 3.05) is 0 Å². The Morgan fingerprint density at radius 3 is 1.66 bits per heavy atom. The minimum Gasteiger partial charge on any atom is -0.238 e. The lowest BCUT2D eigenvalue weighted by Crippen LogP contribution is -1.92. The molecule has 0 saturated heterocycles. The molecule has 0 radical (unpaired) electrons. The molecule has 0 saturated carbocycles. The van der Waals surface area contributed by atoms with Gasteiger partial charge in [-0.05, 0) is 98.1 Å². The standard InChI is InChI=1S/C39H22BrN/c1-41-26-19-17-24(18-20-26)37-31-11-4-6-13-33(31)38(34-14-7-5-12-32(34)37)30-16-8-15-28-29(30)21-22-35-36(28)23-25-9-2-3-10-27(25)39(35)40/h2-23H. The van der Waals surface area contributed by atoms with E-state index in [1.165, 1.54) is 70.6 Å². The van der Waals surface area contributed by atoms with Crippen molar-refractivity contribution in [3.63, 3.8) is 0 Å². The van der Waals surface area contributed by atoms with Crippen molar-refractivity contribution >= 4 is 75.5 Å². The lowest BCUT2D eigenvalue weighted by Gasteiger charge is -2.19. The zero-order chi connectivity index (χ0) is 27.5. The van der Waals surface area contributed by atoms with E-state index in [9.17, 15) is 0 Å². The minimum atomic E-state index is 0.654. The Bertz CT molecular complexity index is 2320. The van der Waals surface area contributed by atoms with Crippen LogP contribution in [-0.2, 0) is 0 Å². The predicted octanol–water partition coefficient (Wildman–Crippen LogP) is 12.1. The normalized spacial score (nSPS) is 11.5. The maximum atomic E-state index is 7.39. The molecule has 8 rings (SSSR count). The Kier molecular flexibility index (Phi) is 5.42. The first-order valence-corrected chi connectivity index (χ1v) is 14.5. The highest BCUT2D eigenvalue weighted by Crippen LogP contribution is 2.46. The van der Waals surface area contributed by atoms with Gasteiger partial charge in [0.2, 0.25) is 0 Å². The maximum absolute atomic E-state index is 7.39. The first-order valence-electron chi connectivity index (χ1n) is 13.7. The van der Waals surface area contributed by atoms with E-state index >= 15 is 0 Å². The minimum absolute atomic E-state index is 0.654.